The molecule has 150 valence electrons. The Morgan fingerprint density at radius 3 is 2.28 bits per heavy atom. The molecule has 0 saturated carbocycles. The third-order valence-corrected chi connectivity index (χ3v) is 4.77. The third kappa shape index (κ3) is 4.34. The van der Waals surface area contributed by atoms with E-state index in [4.69, 9.17) is 4.74 Å². The highest BCUT2D eigenvalue weighted by Crippen LogP contribution is 2.23. The molecule has 0 fully saturated rings. The molecular weight excluding hydrogens is 368 g/mol. The van der Waals surface area contributed by atoms with E-state index < -0.39 is 11.7 Å². The Morgan fingerprint density at radius 1 is 1.10 bits per heavy atom. The molecule has 2 aromatic carbocycles. The molecule has 1 N–H and O–H groups in total. The lowest BCUT2D eigenvalue weighted by Crippen LogP contribution is -2.35. The number of benzene rings is 2. The zero-order valence-electron chi connectivity index (χ0n) is 17.2. The average molecular weight is 392 g/mol. The van der Waals surface area contributed by atoms with Crippen LogP contribution in [0.25, 0.3) is 11.3 Å². The molecule has 1 unspecified atom stereocenters. The number of hydrogen-bond donors (Lipinski definition) is 1. The summed E-state index contributed by atoms with van der Waals surface area (Å²) in [5.74, 6) is 0.385. The molecule has 0 aliphatic rings. The summed E-state index contributed by atoms with van der Waals surface area (Å²) < 4.78 is 6.22. The number of carbonyl (C=O) groups excluding carboxylic acids is 1. The van der Waals surface area contributed by atoms with Gasteiger partial charge in [-0.25, -0.2) is 9.48 Å². The summed E-state index contributed by atoms with van der Waals surface area (Å²) in [5, 5.41) is 7.08. The van der Waals surface area contributed by atoms with E-state index in [2.05, 4.69) is 15.4 Å². The molecule has 0 radical (unpaired) electrons. The van der Waals surface area contributed by atoms with E-state index in [0.717, 1.165) is 32.6 Å². The second kappa shape index (κ2) is 8.26. The van der Waals surface area contributed by atoms with Crippen molar-refractivity contribution in [3.8, 4) is 17.0 Å². The average Bonchev–Trinajstić information content (AvgIpc) is 2.70. The molecule has 0 spiro atoms. The highest BCUT2D eigenvalue weighted by molar-refractivity contribution is 5.94. The van der Waals surface area contributed by atoms with Crippen molar-refractivity contribution in [1.82, 2.24) is 14.8 Å². The maximum absolute atomic E-state index is 12.7. The predicted molar refractivity (Wildman–Crippen MR) is 112 cm³/mol. The summed E-state index contributed by atoms with van der Waals surface area (Å²) in [5.41, 5.74) is 4.41. The van der Waals surface area contributed by atoms with Crippen molar-refractivity contribution >= 4 is 11.6 Å². The molecule has 1 amide bonds. The highest BCUT2D eigenvalue weighted by atomic mass is 16.5. The van der Waals surface area contributed by atoms with Crippen molar-refractivity contribution in [2.75, 3.05) is 12.4 Å². The molecule has 1 atom stereocenters. The third-order valence-electron chi connectivity index (χ3n) is 4.77. The van der Waals surface area contributed by atoms with E-state index in [1.807, 2.05) is 32.9 Å². The van der Waals surface area contributed by atoms with Gasteiger partial charge >= 0.3 is 5.69 Å². The zero-order chi connectivity index (χ0) is 21.1. The van der Waals surface area contributed by atoms with Crippen molar-refractivity contribution in [3.05, 3.63) is 69.8 Å². The fraction of sp³-hybridized carbons (Fsp3) is 0.273. The molecule has 3 aromatic rings. The van der Waals surface area contributed by atoms with Crippen LogP contribution in [0.15, 0.2) is 47.4 Å². The van der Waals surface area contributed by atoms with Gasteiger partial charge in [-0.15, -0.1) is 0 Å². The lowest BCUT2D eigenvalue weighted by atomic mass is 10.0. The van der Waals surface area contributed by atoms with Crippen LogP contribution in [-0.4, -0.2) is 27.8 Å². The number of anilines is 1. The topological polar surface area (TPSA) is 86.1 Å². The first-order chi connectivity index (χ1) is 13.8. The molecule has 1 aromatic heterocycles. The van der Waals surface area contributed by atoms with Crippen LogP contribution in [0.5, 0.6) is 5.75 Å². The summed E-state index contributed by atoms with van der Waals surface area (Å²) in [6.45, 7) is 7.51. The molecule has 0 aliphatic carbocycles. The first kappa shape index (κ1) is 20.3. The number of methoxy groups -OCH3 is 1. The zero-order valence-corrected chi connectivity index (χ0v) is 17.2. The SMILES string of the molecule is COc1ccc(-c2cnn(C(C)C(=O)Nc3c(C)cc(C)cc3C)c(=O)n2)cc1. The van der Waals surface area contributed by atoms with E-state index in [1.54, 1.807) is 38.3 Å². The minimum atomic E-state index is -0.806. The fourth-order valence-electron chi connectivity index (χ4n) is 3.23. The van der Waals surface area contributed by atoms with Gasteiger partial charge in [0.25, 0.3) is 0 Å². The van der Waals surface area contributed by atoms with Gasteiger partial charge in [-0.2, -0.15) is 10.1 Å². The first-order valence-electron chi connectivity index (χ1n) is 9.29. The minimum Gasteiger partial charge on any atom is -0.497 e. The number of nitrogens with zero attached hydrogens (tertiary/aromatic N) is 3. The molecule has 7 heteroatoms. The number of ether oxygens (including phenoxy) is 1. The van der Waals surface area contributed by atoms with E-state index >= 15 is 0 Å². The largest absolute Gasteiger partial charge is 0.497 e. The normalized spacial score (nSPS) is 11.8. The Bertz CT molecular complexity index is 1080. The van der Waals surface area contributed by atoms with Crippen molar-refractivity contribution in [1.29, 1.82) is 0 Å². The summed E-state index contributed by atoms with van der Waals surface area (Å²) in [4.78, 5) is 29.3. The van der Waals surface area contributed by atoms with Gasteiger partial charge in [0.15, 0.2) is 0 Å². The lowest BCUT2D eigenvalue weighted by Gasteiger charge is -2.17. The standard InChI is InChI=1S/C22H24N4O3/c1-13-10-14(2)20(15(3)11-13)25-21(27)16(4)26-22(28)24-19(12-23-26)17-6-8-18(29-5)9-7-17/h6-12,16H,1-5H3,(H,25,27). The van der Waals surface area contributed by atoms with Crippen LogP contribution in [0.3, 0.4) is 0 Å². The Labute approximate surface area is 169 Å². The van der Waals surface area contributed by atoms with Crippen molar-refractivity contribution in [3.63, 3.8) is 0 Å². The predicted octanol–water partition coefficient (Wildman–Crippen LogP) is 3.44. The molecule has 7 nitrogen and oxygen atoms in total. The Hall–Kier alpha value is -3.48. The fourth-order valence-corrected chi connectivity index (χ4v) is 3.23. The van der Waals surface area contributed by atoms with Crippen LogP contribution in [0, 0.1) is 20.8 Å². The van der Waals surface area contributed by atoms with Crippen molar-refractivity contribution in [2.24, 2.45) is 0 Å². The maximum Gasteiger partial charge on any atom is 0.365 e. The van der Waals surface area contributed by atoms with Gasteiger partial charge in [0.05, 0.1) is 19.0 Å². The van der Waals surface area contributed by atoms with Crippen LogP contribution in [-0.2, 0) is 4.79 Å². The van der Waals surface area contributed by atoms with Crippen molar-refractivity contribution in [2.45, 2.75) is 33.7 Å². The van der Waals surface area contributed by atoms with E-state index in [9.17, 15) is 9.59 Å². The van der Waals surface area contributed by atoms with Crippen LogP contribution < -0.4 is 15.7 Å². The van der Waals surface area contributed by atoms with Crippen LogP contribution in [0.1, 0.15) is 29.7 Å². The van der Waals surface area contributed by atoms with E-state index in [1.165, 1.54) is 6.20 Å². The molecule has 1 heterocycles. The van der Waals surface area contributed by atoms with Crippen LogP contribution in [0.2, 0.25) is 0 Å². The second-order valence-corrected chi connectivity index (χ2v) is 7.04. The van der Waals surface area contributed by atoms with Crippen LogP contribution in [0.4, 0.5) is 5.69 Å². The van der Waals surface area contributed by atoms with Gasteiger partial charge in [-0.3, -0.25) is 4.79 Å². The Kier molecular flexibility index (Phi) is 5.77. The highest BCUT2D eigenvalue weighted by Gasteiger charge is 2.20. The quantitative estimate of drug-likeness (QED) is 0.719. The van der Waals surface area contributed by atoms with E-state index in [0.29, 0.717) is 11.4 Å². The van der Waals surface area contributed by atoms with Gasteiger partial charge in [-0.1, -0.05) is 17.7 Å². The number of rotatable bonds is 5. The summed E-state index contributed by atoms with van der Waals surface area (Å²) in [7, 11) is 1.59. The molecular formula is C22H24N4O3. The smallest absolute Gasteiger partial charge is 0.365 e. The first-order valence-corrected chi connectivity index (χ1v) is 9.29. The number of carbonyl (C=O) groups is 1. The van der Waals surface area contributed by atoms with Gasteiger partial charge in [-0.05, 0) is 63.1 Å². The second-order valence-electron chi connectivity index (χ2n) is 7.04. The molecule has 0 saturated heterocycles. The molecule has 0 bridgehead atoms. The maximum atomic E-state index is 12.7. The lowest BCUT2D eigenvalue weighted by molar-refractivity contribution is -0.119. The molecule has 29 heavy (non-hydrogen) atoms. The van der Waals surface area contributed by atoms with Gasteiger partial charge in [0.2, 0.25) is 5.91 Å². The number of nitrogens with one attached hydrogen (secondary N) is 1. The van der Waals surface area contributed by atoms with Crippen LogP contribution >= 0.6 is 0 Å². The Morgan fingerprint density at radius 2 is 1.72 bits per heavy atom. The number of amides is 1. The number of hydrogen-bond acceptors (Lipinski definition) is 5. The van der Waals surface area contributed by atoms with Crippen molar-refractivity contribution < 1.29 is 9.53 Å². The minimum absolute atomic E-state index is 0.325. The van der Waals surface area contributed by atoms with Gasteiger partial charge in [0, 0.05) is 11.3 Å². The summed E-state index contributed by atoms with van der Waals surface area (Å²) in [6, 6.07) is 10.4. The van der Waals surface area contributed by atoms with Gasteiger partial charge < -0.3 is 10.1 Å². The summed E-state index contributed by atoms with van der Waals surface area (Å²) in [6.07, 6.45) is 1.48. The molecule has 0 aliphatic heterocycles. The summed E-state index contributed by atoms with van der Waals surface area (Å²) >= 11 is 0. The number of aryl methyl sites for hydroxylation is 3. The van der Waals surface area contributed by atoms with E-state index in [-0.39, 0.29) is 5.91 Å². The monoisotopic (exact) mass is 392 g/mol. The van der Waals surface area contributed by atoms with Gasteiger partial charge in [0.1, 0.15) is 11.8 Å². The Balaban J connectivity index is 1.83. The molecule has 3 rings (SSSR count). The number of aromatic nitrogens is 3.